The first-order valence-electron chi connectivity index (χ1n) is 32.4. The summed E-state index contributed by atoms with van der Waals surface area (Å²) in [5.74, 6) is -1.57. The molecule has 2 saturated carbocycles. The molecule has 4 aliphatic rings. The van der Waals surface area contributed by atoms with Crippen molar-refractivity contribution in [3.8, 4) is 11.1 Å². The Kier molecular flexibility index (Phi) is 24.7. The zero-order valence-electron chi connectivity index (χ0n) is 52.9. The van der Waals surface area contributed by atoms with Crippen molar-refractivity contribution in [2.75, 3.05) is 80.5 Å². The van der Waals surface area contributed by atoms with Crippen LogP contribution in [0.1, 0.15) is 136 Å². The molecule has 0 spiro atoms. The molecule has 2 saturated heterocycles. The highest BCUT2D eigenvalue weighted by atomic mass is 16.2. The summed E-state index contributed by atoms with van der Waals surface area (Å²) < 4.78 is 0. The second-order valence-electron chi connectivity index (χ2n) is 25.1. The van der Waals surface area contributed by atoms with Gasteiger partial charge in [-0.1, -0.05) is 123 Å². The van der Waals surface area contributed by atoms with E-state index in [1.54, 1.807) is 76.1 Å². The lowest BCUT2D eigenvalue weighted by Gasteiger charge is -2.37. The van der Waals surface area contributed by atoms with Gasteiger partial charge in [-0.15, -0.1) is 0 Å². The van der Waals surface area contributed by atoms with Gasteiger partial charge in [0.15, 0.2) is 0 Å². The van der Waals surface area contributed by atoms with Crippen LogP contribution in [0, 0.1) is 11.8 Å². The van der Waals surface area contributed by atoms with Crippen LogP contribution in [0.3, 0.4) is 0 Å². The maximum atomic E-state index is 14.6. The van der Waals surface area contributed by atoms with E-state index in [-0.39, 0.29) is 84.3 Å². The van der Waals surface area contributed by atoms with E-state index in [0.29, 0.717) is 63.2 Å². The molecule has 88 heavy (non-hydrogen) atoms. The molecule has 0 bridgehead atoms. The first-order chi connectivity index (χ1) is 42.5. The zero-order chi connectivity index (χ0) is 62.7. The Bertz CT molecular complexity index is 2750. The molecule has 2 heterocycles. The van der Waals surface area contributed by atoms with E-state index < -0.39 is 24.2 Å². The lowest BCUT2D eigenvalue weighted by Crippen LogP contribution is -2.57. The van der Waals surface area contributed by atoms with E-state index >= 15 is 0 Å². The average Bonchev–Trinajstić information content (AvgIpc) is 3.30. The Labute approximate surface area is 521 Å². The third-order valence-electron chi connectivity index (χ3n) is 19.0. The molecule has 2 aliphatic heterocycles. The van der Waals surface area contributed by atoms with E-state index in [1.165, 1.54) is 9.80 Å². The van der Waals surface area contributed by atoms with E-state index in [2.05, 4.69) is 21.3 Å². The molecule has 4 aromatic rings. The van der Waals surface area contributed by atoms with Crippen LogP contribution in [0.15, 0.2) is 109 Å². The molecule has 0 aromatic heterocycles. The monoisotopic (exact) mass is 1200 g/mol. The number of likely N-dealkylation sites (N-methyl/N-ethyl adjacent to an activating group) is 4. The highest BCUT2D eigenvalue weighted by Gasteiger charge is 2.42. The van der Waals surface area contributed by atoms with Gasteiger partial charge < -0.3 is 50.7 Å². The van der Waals surface area contributed by atoms with Gasteiger partial charge in [0.1, 0.15) is 12.1 Å². The van der Waals surface area contributed by atoms with Crippen molar-refractivity contribution < 1.29 is 38.4 Å². The Morgan fingerprint density at radius 1 is 0.466 bits per heavy atom. The van der Waals surface area contributed by atoms with Gasteiger partial charge in [0.05, 0.1) is 25.2 Å². The molecule has 4 N–H and O–H groups in total. The van der Waals surface area contributed by atoms with Crippen molar-refractivity contribution in [1.82, 2.24) is 50.7 Å². The summed E-state index contributed by atoms with van der Waals surface area (Å²) in [7, 11) is 6.70. The summed E-state index contributed by atoms with van der Waals surface area (Å²) in [6.07, 6.45) is 14.0. The molecular formula is C70H96N10O8. The van der Waals surface area contributed by atoms with Crippen LogP contribution in [0.25, 0.3) is 11.1 Å². The van der Waals surface area contributed by atoms with E-state index in [0.717, 1.165) is 112 Å². The van der Waals surface area contributed by atoms with Crippen molar-refractivity contribution in [3.05, 3.63) is 131 Å². The van der Waals surface area contributed by atoms with Crippen molar-refractivity contribution in [3.63, 3.8) is 0 Å². The minimum atomic E-state index is -0.635. The summed E-state index contributed by atoms with van der Waals surface area (Å²) in [6, 6.07) is 31.5. The molecule has 4 fully saturated rings. The number of benzene rings is 4. The first-order valence-corrected chi connectivity index (χ1v) is 32.4. The predicted molar refractivity (Wildman–Crippen MR) is 343 cm³/mol. The molecule has 18 heteroatoms. The molecule has 8 amide bonds. The number of hydrogen-bond acceptors (Lipinski definition) is 10. The number of rotatable bonds is 27. The Balaban J connectivity index is 0.888. The van der Waals surface area contributed by atoms with Gasteiger partial charge in [-0.25, -0.2) is 0 Å². The fourth-order valence-corrected chi connectivity index (χ4v) is 13.3. The minimum absolute atomic E-state index is 0.0479. The summed E-state index contributed by atoms with van der Waals surface area (Å²) in [5, 5.41) is 12.2. The Morgan fingerprint density at radius 3 is 1.16 bits per heavy atom. The van der Waals surface area contributed by atoms with Gasteiger partial charge in [-0.05, 0) is 151 Å². The van der Waals surface area contributed by atoms with Crippen molar-refractivity contribution >= 4 is 47.3 Å². The summed E-state index contributed by atoms with van der Waals surface area (Å²) in [5.41, 5.74) is 4.58. The minimum Gasteiger partial charge on any atom is -0.343 e. The molecule has 6 atom stereocenters. The number of carbonyl (C=O) groups excluding carboxylic acids is 8. The van der Waals surface area contributed by atoms with Gasteiger partial charge in [-0.2, -0.15) is 0 Å². The van der Waals surface area contributed by atoms with Gasteiger partial charge in [0.2, 0.25) is 35.4 Å². The fraction of sp³-hybridized carbons (Fsp3) is 0.543. The number of amides is 8. The molecule has 0 unspecified atom stereocenters. The second kappa shape index (κ2) is 32.7. The van der Waals surface area contributed by atoms with Crippen molar-refractivity contribution in [1.29, 1.82) is 0 Å². The van der Waals surface area contributed by atoms with Crippen LogP contribution in [0.5, 0.6) is 0 Å². The van der Waals surface area contributed by atoms with Crippen LogP contribution in [-0.2, 0) is 41.6 Å². The van der Waals surface area contributed by atoms with Crippen LogP contribution in [0.2, 0.25) is 0 Å². The van der Waals surface area contributed by atoms with E-state index in [1.807, 2.05) is 94.7 Å². The molecular weight excluding hydrogens is 1110 g/mol. The first kappa shape index (κ1) is 66.5. The molecule has 0 radical (unpaired) electrons. The van der Waals surface area contributed by atoms with Crippen molar-refractivity contribution in [2.45, 2.75) is 153 Å². The summed E-state index contributed by atoms with van der Waals surface area (Å²) in [6.45, 7) is 5.76. The SMILES string of the molecule is CN[C@@H](C)C(=O)N[C@H](C(=O)N1CCC[C@@H]1CN(CCc1ccccc1)C(=O)CN(C)C(=O)c1ccc(-c2ccc(C(=O)N(C)CC(=O)N(CCc3ccccc3)C[C@@H]3CCCN3C(=O)[C@@H](NC(=O)[C@H](C)NC)C3CCCCC3)cc2)cc1)C1CCCCC1. The number of carbonyl (C=O) groups is 8. The number of hydrogen-bond donors (Lipinski definition) is 4. The number of likely N-dealkylation sites (tertiary alicyclic amines) is 2. The fourth-order valence-electron chi connectivity index (χ4n) is 13.3. The van der Waals surface area contributed by atoms with Crippen molar-refractivity contribution in [2.24, 2.45) is 11.8 Å². The lowest BCUT2D eigenvalue weighted by molar-refractivity contribution is -0.141. The number of nitrogens with zero attached hydrogens (tertiary/aromatic N) is 6. The maximum absolute atomic E-state index is 14.6. The third-order valence-corrected chi connectivity index (χ3v) is 19.0. The molecule has 4 aromatic carbocycles. The summed E-state index contributed by atoms with van der Waals surface area (Å²) in [4.78, 5) is 123. The highest BCUT2D eigenvalue weighted by molar-refractivity contribution is 5.98. The normalized spacial score (nSPS) is 18.6. The standard InChI is InChI=1S/C70H96N10O8/c1-49(71-3)65(83)73-63(55-25-15-9-16-26-55)69(87)79-41-19-29-59(79)45-77(43-39-51-21-11-7-12-22-51)61(81)47-75(5)67(85)57-35-31-53(32-36-57)54-33-37-58(38-34-54)68(86)76(6)48-62(82)78(44-40-52-23-13-8-14-24-52)46-60-30-20-42-80(60)70(88)64(56-27-17-10-18-28-56)74-66(84)50(2)72-4/h7-8,11-14,21-24,31-38,49-50,55-56,59-60,63-64,71-72H,9-10,15-20,25-30,39-48H2,1-6H3,(H,73,83)(H,74,84)/t49-,50-,59-,60+,63-,64-/m0/s1. The average molecular weight is 1210 g/mol. The Morgan fingerprint density at radius 2 is 0.818 bits per heavy atom. The molecule has 18 nitrogen and oxygen atoms in total. The quantitative estimate of drug-likeness (QED) is 0.0483. The van der Waals surface area contributed by atoms with Crippen LogP contribution >= 0.6 is 0 Å². The lowest BCUT2D eigenvalue weighted by atomic mass is 9.83. The van der Waals surface area contributed by atoms with Gasteiger partial charge in [0, 0.05) is 76.6 Å². The van der Waals surface area contributed by atoms with Gasteiger partial charge >= 0.3 is 0 Å². The largest absolute Gasteiger partial charge is 0.343 e. The smallest absolute Gasteiger partial charge is 0.254 e. The molecule has 474 valence electrons. The predicted octanol–water partition coefficient (Wildman–Crippen LogP) is 6.97. The number of nitrogens with one attached hydrogen (secondary N) is 4. The van der Waals surface area contributed by atoms with Gasteiger partial charge in [-0.3, -0.25) is 38.4 Å². The maximum Gasteiger partial charge on any atom is 0.254 e. The molecule has 2 aliphatic carbocycles. The zero-order valence-corrected chi connectivity index (χ0v) is 52.9. The van der Waals surface area contributed by atoms with Gasteiger partial charge in [0.25, 0.3) is 11.8 Å². The van der Waals surface area contributed by atoms with Crippen LogP contribution in [-0.4, -0.2) is 193 Å². The topological polar surface area (TPSA) is 204 Å². The highest BCUT2D eigenvalue weighted by Crippen LogP contribution is 2.32. The van der Waals surface area contributed by atoms with E-state index in [4.69, 9.17) is 0 Å². The Hall–Kier alpha value is -7.44. The van der Waals surface area contributed by atoms with Crippen LogP contribution < -0.4 is 21.3 Å². The van der Waals surface area contributed by atoms with Crippen LogP contribution in [0.4, 0.5) is 0 Å². The molecule has 8 rings (SSSR count). The van der Waals surface area contributed by atoms with E-state index in [9.17, 15) is 38.4 Å². The second-order valence-corrected chi connectivity index (χ2v) is 25.1. The third kappa shape index (κ3) is 17.9. The summed E-state index contributed by atoms with van der Waals surface area (Å²) >= 11 is 0.